The zero-order valence-corrected chi connectivity index (χ0v) is 9.27. The molecule has 14 heavy (non-hydrogen) atoms. The van der Waals surface area contributed by atoms with E-state index in [-0.39, 0.29) is 5.82 Å². The number of halogens is 2. The first-order valence-corrected chi connectivity index (χ1v) is 5.33. The SMILES string of the molecule is Nc1nnc(-c2cccc(F)c2Br)s1. The van der Waals surface area contributed by atoms with Gasteiger partial charge in [0.25, 0.3) is 0 Å². The lowest BCUT2D eigenvalue weighted by atomic mass is 10.2. The zero-order chi connectivity index (χ0) is 10.1. The van der Waals surface area contributed by atoms with Gasteiger partial charge in [-0.25, -0.2) is 4.39 Å². The molecule has 0 bridgehead atoms. The quantitative estimate of drug-likeness (QED) is 0.869. The van der Waals surface area contributed by atoms with Crippen LogP contribution in [0.25, 0.3) is 10.6 Å². The third-order valence-corrected chi connectivity index (χ3v) is 3.21. The molecule has 72 valence electrons. The number of benzene rings is 1. The van der Waals surface area contributed by atoms with Gasteiger partial charge >= 0.3 is 0 Å². The predicted octanol–water partition coefficient (Wildman–Crippen LogP) is 2.69. The number of aromatic nitrogens is 2. The zero-order valence-electron chi connectivity index (χ0n) is 6.87. The second-order valence-electron chi connectivity index (χ2n) is 2.55. The molecule has 0 saturated heterocycles. The molecule has 1 aromatic heterocycles. The molecule has 0 atom stereocenters. The Bertz CT molecular complexity index is 471. The molecule has 1 aromatic carbocycles. The summed E-state index contributed by atoms with van der Waals surface area (Å²) >= 11 is 4.37. The molecule has 0 unspecified atom stereocenters. The van der Waals surface area contributed by atoms with Crippen molar-refractivity contribution in [3.63, 3.8) is 0 Å². The number of hydrogen-bond acceptors (Lipinski definition) is 4. The van der Waals surface area contributed by atoms with Crippen molar-refractivity contribution in [3.05, 3.63) is 28.5 Å². The standard InChI is InChI=1S/C8H5BrFN3S/c9-6-4(2-1-3-5(6)10)7-12-13-8(11)14-7/h1-3H,(H2,11,13). The second kappa shape index (κ2) is 3.62. The van der Waals surface area contributed by atoms with Crippen molar-refractivity contribution in [2.24, 2.45) is 0 Å². The van der Waals surface area contributed by atoms with E-state index in [0.29, 0.717) is 20.2 Å². The van der Waals surface area contributed by atoms with Crippen LogP contribution in [0.5, 0.6) is 0 Å². The van der Waals surface area contributed by atoms with Crippen LogP contribution >= 0.6 is 27.3 Å². The molecular weight excluding hydrogens is 269 g/mol. The molecule has 0 radical (unpaired) electrons. The third kappa shape index (κ3) is 1.62. The van der Waals surface area contributed by atoms with Gasteiger partial charge in [0.2, 0.25) is 5.13 Å². The summed E-state index contributed by atoms with van der Waals surface area (Å²) < 4.78 is 13.5. The molecule has 0 spiro atoms. The van der Waals surface area contributed by atoms with E-state index < -0.39 is 0 Å². The van der Waals surface area contributed by atoms with E-state index in [1.165, 1.54) is 17.4 Å². The maximum Gasteiger partial charge on any atom is 0.203 e. The molecule has 2 N–H and O–H groups in total. The Morgan fingerprint density at radius 3 is 2.79 bits per heavy atom. The van der Waals surface area contributed by atoms with Crippen LogP contribution in [-0.2, 0) is 0 Å². The highest BCUT2D eigenvalue weighted by atomic mass is 79.9. The first kappa shape index (κ1) is 9.54. The van der Waals surface area contributed by atoms with E-state index in [1.54, 1.807) is 12.1 Å². The minimum atomic E-state index is -0.323. The van der Waals surface area contributed by atoms with Gasteiger partial charge in [-0.15, -0.1) is 10.2 Å². The summed E-state index contributed by atoms with van der Waals surface area (Å²) in [4.78, 5) is 0. The van der Waals surface area contributed by atoms with Gasteiger partial charge in [-0.1, -0.05) is 23.5 Å². The lowest BCUT2D eigenvalue weighted by Crippen LogP contribution is -1.83. The molecular formula is C8H5BrFN3S. The van der Waals surface area contributed by atoms with Crippen molar-refractivity contribution in [1.82, 2.24) is 10.2 Å². The van der Waals surface area contributed by atoms with Crippen LogP contribution in [0.15, 0.2) is 22.7 Å². The van der Waals surface area contributed by atoms with E-state index in [0.717, 1.165) is 0 Å². The van der Waals surface area contributed by atoms with Crippen molar-refractivity contribution in [2.75, 3.05) is 5.73 Å². The lowest BCUT2D eigenvalue weighted by Gasteiger charge is -1.99. The van der Waals surface area contributed by atoms with Crippen LogP contribution in [0.1, 0.15) is 0 Å². The summed E-state index contributed by atoms with van der Waals surface area (Å²) in [6, 6.07) is 4.75. The Morgan fingerprint density at radius 1 is 1.36 bits per heavy atom. The molecule has 0 amide bonds. The Labute approximate surface area is 91.9 Å². The van der Waals surface area contributed by atoms with E-state index in [2.05, 4.69) is 26.1 Å². The molecule has 2 aromatic rings. The number of hydrogen-bond donors (Lipinski definition) is 1. The van der Waals surface area contributed by atoms with Gasteiger partial charge in [-0.05, 0) is 22.0 Å². The number of nitrogen functional groups attached to an aromatic ring is 1. The van der Waals surface area contributed by atoms with Crippen molar-refractivity contribution < 1.29 is 4.39 Å². The highest BCUT2D eigenvalue weighted by Gasteiger charge is 2.10. The molecule has 6 heteroatoms. The van der Waals surface area contributed by atoms with Gasteiger partial charge in [-0.3, -0.25) is 0 Å². The number of rotatable bonds is 1. The molecule has 0 aliphatic rings. The summed E-state index contributed by atoms with van der Waals surface area (Å²) in [5.41, 5.74) is 6.11. The molecule has 1 heterocycles. The molecule has 0 aliphatic carbocycles. The van der Waals surface area contributed by atoms with E-state index in [4.69, 9.17) is 5.73 Å². The smallest absolute Gasteiger partial charge is 0.203 e. The highest BCUT2D eigenvalue weighted by Crippen LogP contribution is 2.32. The third-order valence-electron chi connectivity index (χ3n) is 1.62. The average molecular weight is 274 g/mol. The number of anilines is 1. The fraction of sp³-hybridized carbons (Fsp3) is 0. The minimum Gasteiger partial charge on any atom is -0.374 e. The number of nitrogens with zero attached hydrogens (tertiary/aromatic N) is 2. The first-order chi connectivity index (χ1) is 6.68. The maximum atomic E-state index is 13.1. The van der Waals surface area contributed by atoms with Crippen LogP contribution in [0.3, 0.4) is 0 Å². The van der Waals surface area contributed by atoms with Gasteiger partial charge in [-0.2, -0.15) is 0 Å². The van der Waals surface area contributed by atoms with Gasteiger partial charge in [0.1, 0.15) is 5.82 Å². The second-order valence-corrected chi connectivity index (χ2v) is 4.35. The van der Waals surface area contributed by atoms with E-state index in [9.17, 15) is 4.39 Å². The Balaban J connectivity index is 2.57. The lowest BCUT2D eigenvalue weighted by molar-refractivity contribution is 0.622. The monoisotopic (exact) mass is 273 g/mol. The topological polar surface area (TPSA) is 51.8 Å². The Kier molecular flexibility index (Phi) is 2.47. The van der Waals surface area contributed by atoms with Crippen LogP contribution < -0.4 is 5.73 Å². The van der Waals surface area contributed by atoms with Gasteiger partial charge in [0.05, 0.1) is 4.47 Å². The van der Waals surface area contributed by atoms with Crippen molar-refractivity contribution >= 4 is 32.4 Å². The van der Waals surface area contributed by atoms with Gasteiger partial charge in [0, 0.05) is 5.56 Å². The van der Waals surface area contributed by atoms with Crippen molar-refractivity contribution in [1.29, 1.82) is 0 Å². The molecule has 0 saturated carbocycles. The van der Waals surface area contributed by atoms with Gasteiger partial charge in [0.15, 0.2) is 5.01 Å². The van der Waals surface area contributed by atoms with Crippen LogP contribution in [0, 0.1) is 5.82 Å². The molecule has 0 aliphatic heterocycles. The maximum absolute atomic E-state index is 13.1. The summed E-state index contributed by atoms with van der Waals surface area (Å²) in [5, 5.41) is 8.48. The predicted molar refractivity (Wildman–Crippen MR) is 57.4 cm³/mol. The van der Waals surface area contributed by atoms with Crippen LogP contribution in [-0.4, -0.2) is 10.2 Å². The summed E-state index contributed by atoms with van der Waals surface area (Å²) in [6.07, 6.45) is 0. The van der Waals surface area contributed by atoms with E-state index in [1.807, 2.05) is 0 Å². The first-order valence-electron chi connectivity index (χ1n) is 3.72. The summed E-state index contributed by atoms with van der Waals surface area (Å²) in [6.45, 7) is 0. The Hall–Kier alpha value is -1.01. The summed E-state index contributed by atoms with van der Waals surface area (Å²) in [7, 11) is 0. The Morgan fingerprint density at radius 2 is 2.14 bits per heavy atom. The minimum absolute atomic E-state index is 0.323. The van der Waals surface area contributed by atoms with Crippen molar-refractivity contribution in [2.45, 2.75) is 0 Å². The average Bonchev–Trinajstić information content (AvgIpc) is 2.57. The number of nitrogens with two attached hydrogens (primary N) is 1. The van der Waals surface area contributed by atoms with Crippen LogP contribution in [0.2, 0.25) is 0 Å². The van der Waals surface area contributed by atoms with Crippen LogP contribution in [0.4, 0.5) is 9.52 Å². The van der Waals surface area contributed by atoms with Crippen molar-refractivity contribution in [3.8, 4) is 10.6 Å². The van der Waals surface area contributed by atoms with Gasteiger partial charge < -0.3 is 5.73 Å². The molecule has 2 rings (SSSR count). The fourth-order valence-corrected chi connectivity index (χ4v) is 2.24. The normalized spacial score (nSPS) is 10.4. The molecule has 0 fully saturated rings. The highest BCUT2D eigenvalue weighted by molar-refractivity contribution is 9.10. The summed E-state index contributed by atoms with van der Waals surface area (Å²) in [5.74, 6) is -0.323. The molecule has 3 nitrogen and oxygen atoms in total. The van der Waals surface area contributed by atoms with E-state index >= 15 is 0 Å². The fourth-order valence-electron chi connectivity index (χ4n) is 1.01. The largest absolute Gasteiger partial charge is 0.374 e.